The summed E-state index contributed by atoms with van der Waals surface area (Å²) in [5.41, 5.74) is 3.59. The maximum atomic E-state index is 11.7. The van der Waals surface area contributed by atoms with E-state index in [4.69, 9.17) is 4.74 Å². The Morgan fingerprint density at radius 3 is 2.58 bits per heavy atom. The number of likely N-dealkylation sites (tertiary alicyclic amines) is 1. The molecule has 0 radical (unpaired) electrons. The van der Waals surface area contributed by atoms with Crippen molar-refractivity contribution in [2.75, 3.05) is 13.7 Å². The number of β-amino-alcohol motifs (C(OH)–C–C–N with tert-alkyl or cyclic N) is 1. The molecule has 0 aliphatic carbocycles. The maximum absolute atomic E-state index is 11.7. The third-order valence-electron chi connectivity index (χ3n) is 3.52. The van der Waals surface area contributed by atoms with Gasteiger partial charge in [0, 0.05) is 19.5 Å². The van der Waals surface area contributed by atoms with Crippen LogP contribution in [0.4, 0.5) is 0 Å². The summed E-state index contributed by atoms with van der Waals surface area (Å²) in [7, 11) is 1.39. The molecule has 1 aliphatic rings. The maximum Gasteiger partial charge on any atom is 0.323 e. The van der Waals surface area contributed by atoms with E-state index in [1.807, 2.05) is 4.90 Å². The lowest BCUT2D eigenvalue weighted by Gasteiger charge is -2.22. The molecule has 0 aromatic heterocycles. The van der Waals surface area contributed by atoms with Crippen molar-refractivity contribution in [2.24, 2.45) is 0 Å². The monoisotopic (exact) mass is 263 g/mol. The van der Waals surface area contributed by atoms with Crippen LogP contribution in [0.15, 0.2) is 18.2 Å². The second-order valence-corrected chi connectivity index (χ2v) is 5.35. The van der Waals surface area contributed by atoms with Gasteiger partial charge in [0.2, 0.25) is 0 Å². The highest BCUT2D eigenvalue weighted by molar-refractivity contribution is 5.76. The lowest BCUT2D eigenvalue weighted by atomic mass is 10.1. The molecule has 2 unspecified atom stereocenters. The van der Waals surface area contributed by atoms with Crippen LogP contribution in [0.2, 0.25) is 0 Å². The number of ether oxygens (including phenoxy) is 1. The molecule has 19 heavy (non-hydrogen) atoms. The van der Waals surface area contributed by atoms with Crippen LogP contribution in [0.25, 0.3) is 0 Å². The van der Waals surface area contributed by atoms with Gasteiger partial charge < -0.3 is 9.84 Å². The zero-order valence-corrected chi connectivity index (χ0v) is 11.7. The molecule has 1 heterocycles. The van der Waals surface area contributed by atoms with E-state index in [1.54, 1.807) is 0 Å². The Bertz CT molecular complexity index is 452. The van der Waals surface area contributed by atoms with E-state index in [0.717, 1.165) is 0 Å². The summed E-state index contributed by atoms with van der Waals surface area (Å²) in [6.45, 7) is 5.31. The smallest absolute Gasteiger partial charge is 0.323 e. The summed E-state index contributed by atoms with van der Waals surface area (Å²) in [5, 5.41) is 9.75. The van der Waals surface area contributed by atoms with Crippen molar-refractivity contribution < 1.29 is 14.6 Å². The molecule has 2 rings (SSSR count). The van der Waals surface area contributed by atoms with Gasteiger partial charge in [0.05, 0.1) is 13.2 Å². The van der Waals surface area contributed by atoms with Crippen molar-refractivity contribution in [1.82, 2.24) is 4.90 Å². The number of carbonyl (C=O) groups is 1. The summed E-state index contributed by atoms with van der Waals surface area (Å²) >= 11 is 0. The molecule has 1 N–H and O–H groups in total. The summed E-state index contributed by atoms with van der Waals surface area (Å²) in [4.78, 5) is 13.7. The fraction of sp³-hybridized carbons (Fsp3) is 0.533. The van der Waals surface area contributed by atoms with Crippen molar-refractivity contribution in [2.45, 2.75) is 39.0 Å². The van der Waals surface area contributed by atoms with Gasteiger partial charge in [-0.2, -0.15) is 0 Å². The van der Waals surface area contributed by atoms with Crippen molar-refractivity contribution in [1.29, 1.82) is 0 Å². The molecule has 1 aromatic carbocycles. The molecule has 0 spiro atoms. The second-order valence-electron chi connectivity index (χ2n) is 5.35. The first kappa shape index (κ1) is 14.0. The van der Waals surface area contributed by atoms with Crippen molar-refractivity contribution in [3.8, 4) is 0 Å². The first-order valence-corrected chi connectivity index (χ1v) is 6.56. The highest BCUT2D eigenvalue weighted by Crippen LogP contribution is 2.22. The number of carbonyl (C=O) groups excluding carboxylic acids is 1. The Morgan fingerprint density at radius 2 is 2.00 bits per heavy atom. The van der Waals surface area contributed by atoms with Crippen LogP contribution in [-0.4, -0.2) is 41.8 Å². The molecule has 1 aliphatic heterocycles. The van der Waals surface area contributed by atoms with E-state index in [1.165, 1.54) is 23.8 Å². The van der Waals surface area contributed by atoms with Crippen LogP contribution >= 0.6 is 0 Å². The predicted molar refractivity (Wildman–Crippen MR) is 72.8 cm³/mol. The van der Waals surface area contributed by atoms with Gasteiger partial charge >= 0.3 is 5.97 Å². The van der Waals surface area contributed by atoms with Crippen LogP contribution in [0, 0.1) is 13.8 Å². The molecule has 1 saturated heterocycles. The number of aryl methyl sites for hydroxylation is 2. The van der Waals surface area contributed by atoms with E-state index in [9.17, 15) is 9.90 Å². The average molecular weight is 263 g/mol. The molecular weight excluding hydrogens is 242 g/mol. The lowest BCUT2D eigenvalue weighted by molar-refractivity contribution is -0.146. The number of benzene rings is 1. The Kier molecular flexibility index (Phi) is 4.22. The minimum absolute atomic E-state index is 0.263. The minimum atomic E-state index is -0.449. The molecule has 2 atom stereocenters. The van der Waals surface area contributed by atoms with Crippen LogP contribution in [0.3, 0.4) is 0 Å². The minimum Gasteiger partial charge on any atom is -0.468 e. The molecule has 0 saturated carbocycles. The van der Waals surface area contributed by atoms with Gasteiger partial charge in [0.15, 0.2) is 0 Å². The van der Waals surface area contributed by atoms with Gasteiger partial charge in [0.25, 0.3) is 0 Å². The molecule has 104 valence electrons. The summed E-state index contributed by atoms with van der Waals surface area (Å²) in [5.74, 6) is -0.263. The summed E-state index contributed by atoms with van der Waals surface area (Å²) in [6.07, 6.45) is 0.00676. The molecule has 0 amide bonds. The lowest BCUT2D eigenvalue weighted by Crippen LogP contribution is -2.36. The average Bonchev–Trinajstić information content (AvgIpc) is 2.68. The third-order valence-corrected chi connectivity index (χ3v) is 3.52. The van der Waals surface area contributed by atoms with E-state index < -0.39 is 6.10 Å². The number of hydrogen-bond donors (Lipinski definition) is 1. The molecule has 1 fully saturated rings. The number of methoxy groups -OCH3 is 1. The first-order chi connectivity index (χ1) is 8.99. The number of aliphatic hydroxyl groups is 1. The van der Waals surface area contributed by atoms with Gasteiger partial charge in [-0.1, -0.05) is 29.3 Å². The van der Waals surface area contributed by atoms with Crippen molar-refractivity contribution in [3.05, 3.63) is 34.9 Å². The largest absolute Gasteiger partial charge is 0.468 e. The van der Waals surface area contributed by atoms with E-state index in [-0.39, 0.29) is 12.0 Å². The Labute approximate surface area is 114 Å². The Morgan fingerprint density at radius 1 is 1.37 bits per heavy atom. The summed E-state index contributed by atoms with van der Waals surface area (Å²) in [6, 6.07) is 6.03. The van der Waals surface area contributed by atoms with Crippen LogP contribution in [0.1, 0.15) is 23.1 Å². The van der Waals surface area contributed by atoms with Crippen molar-refractivity contribution >= 4 is 5.97 Å². The van der Waals surface area contributed by atoms with Crippen LogP contribution in [-0.2, 0) is 16.1 Å². The Balaban J connectivity index is 2.14. The predicted octanol–water partition coefficient (Wildman–Crippen LogP) is 1.41. The molecule has 1 aromatic rings. The fourth-order valence-corrected chi connectivity index (χ4v) is 2.83. The second kappa shape index (κ2) is 5.72. The van der Waals surface area contributed by atoms with Gasteiger partial charge in [-0.3, -0.25) is 9.69 Å². The molecule has 4 nitrogen and oxygen atoms in total. The molecule has 4 heteroatoms. The van der Waals surface area contributed by atoms with Gasteiger partial charge in [-0.25, -0.2) is 0 Å². The van der Waals surface area contributed by atoms with E-state index >= 15 is 0 Å². The normalized spacial score (nSPS) is 23.6. The number of esters is 1. The SMILES string of the molecule is COC(=O)C1CC(O)CN1Cc1cc(C)cc(C)c1. The van der Waals surface area contributed by atoms with Crippen molar-refractivity contribution in [3.63, 3.8) is 0 Å². The zero-order chi connectivity index (χ0) is 14.0. The highest BCUT2D eigenvalue weighted by Gasteiger charge is 2.36. The van der Waals surface area contributed by atoms with Crippen LogP contribution < -0.4 is 0 Å². The van der Waals surface area contributed by atoms with Crippen LogP contribution in [0.5, 0.6) is 0 Å². The summed E-state index contributed by atoms with van der Waals surface area (Å²) < 4.78 is 4.81. The third kappa shape index (κ3) is 3.33. The zero-order valence-electron chi connectivity index (χ0n) is 11.7. The number of hydrogen-bond acceptors (Lipinski definition) is 4. The Hall–Kier alpha value is -1.39. The van der Waals surface area contributed by atoms with Gasteiger partial charge in [0.1, 0.15) is 6.04 Å². The fourth-order valence-electron chi connectivity index (χ4n) is 2.83. The number of nitrogens with zero attached hydrogens (tertiary/aromatic N) is 1. The van der Waals surface area contributed by atoms with Gasteiger partial charge in [-0.05, 0) is 19.4 Å². The molecule has 0 bridgehead atoms. The number of rotatable bonds is 3. The highest BCUT2D eigenvalue weighted by atomic mass is 16.5. The molecular formula is C15H21NO3. The first-order valence-electron chi connectivity index (χ1n) is 6.56. The quantitative estimate of drug-likeness (QED) is 0.838. The topological polar surface area (TPSA) is 49.8 Å². The van der Waals surface area contributed by atoms with E-state index in [0.29, 0.717) is 19.5 Å². The van der Waals surface area contributed by atoms with E-state index in [2.05, 4.69) is 32.0 Å². The standard InChI is InChI=1S/C15H21NO3/c1-10-4-11(2)6-12(5-10)8-16-9-13(17)7-14(16)15(18)19-3/h4-6,13-14,17H,7-9H2,1-3H3. The number of aliphatic hydroxyl groups excluding tert-OH is 1. The van der Waals surface area contributed by atoms with Gasteiger partial charge in [-0.15, -0.1) is 0 Å².